The normalized spacial score (nSPS) is 10.3. The molecule has 0 aromatic rings. The van der Waals surface area contributed by atoms with E-state index >= 15 is 0 Å². The van der Waals surface area contributed by atoms with E-state index < -0.39 is 66.9 Å². The molecular weight excluding hydrogens is 684 g/mol. The van der Waals surface area contributed by atoms with Crippen LogP contribution in [0.1, 0.15) is 13.8 Å². The summed E-state index contributed by atoms with van der Waals surface area (Å²) in [5.41, 5.74) is 0. The van der Waals surface area contributed by atoms with Crippen molar-refractivity contribution in [2.24, 2.45) is 0 Å². The highest BCUT2D eigenvalue weighted by Gasteiger charge is 2.25. The molecule has 0 fully saturated rings. The lowest BCUT2D eigenvalue weighted by Crippen LogP contribution is -2.49. The van der Waals surface area contributed by atoms with E-state index in [-0.39, 0.29) is 51.1 Å². The summed E-state index contributed by atoms with van der Waals surface area (Å²) in [5, 5.41) is 0. The molecule has 0 unspecified atom stereocenters. The zero-order valence-corrected chi connectivity index (χ0v) is 32.6. The van der Waals surface area contributed by atoms with Gasteiger partial charge in [-0.2, -0.15) is 0 Å². The fourth-order valence-electron chi connectivity index (χ4n) is 3.91. The number of hydrogen-bond acceptors (Lipinski definition) is 10. The molecule has 0 spiro atoms. The highest BCUT2D eigenvalue weighted by atomic mass is 16.2. The second kappa shape index (κ2) is 21.8. The fourth-order valence-corrected chi connectivity index (χ4v) is 3.91. The van der Waals surface area contributed by atoms with Crippen LogP contribution in [0.25, 0.3) is 0 Å². The minimum Gasteiger partial charge on any atom is -0.345 e. The summed E-state index contributed by atoms with van der Waals surface area (Å²) in [7, 11) is 14.1. The molecule has 0 heterocycles. The Kier molecular flexibility index (Phi) is 19.6. The Morgan fingerprint density at radius 3 is 0.538 bits per heavy atom. The number of carbonyl (C=O) groups excluding carboxylic acids is 10. The van der Waals surface area contributed by atoms with Crippen LogP contribution in [0.2, 0.25) is 0 Å². The lowest BCUT2D eigenvalue weighted by Gasteiger charge is -2.27. The summed E-state index contributed by atoms with van der Waals surface area (Å²) in [5.74, 6) is -4.92. The van der Waals surface area contributed by atoms with Crippen molar-refractivity contribution in [3.05, 3.63) is 0 Å². The van der Waals surface area contributed by atoms with Gasteiger partial charge in [0.05, 0.1) is 58.9 Å². The van der Waals surface area contributed by atoms with Crippen LogP contribution < -0.4 is 0 Å². The van der Waals surface area contributed by atoms with Gasteiger partial charge < -0.3 is 49.0 Å². The number of hydrogen-bond donors (Lipinski definition) is 0. The van der Waals surface area contributed by atoms with Gasteiger partial charge in [0, 0.05) is 83.9 Å². The van der Waals surface area contributed by atoms with Crippen LogP contribution in [-0.4, -0.2) is 244 Å². The first-order valence-electron chi connectivity index (χ1n) is 16.3. The van der Waals surface area contributed by atoms with Gasteiger partial charge in [0.25, 0.3) is 0 Å². The molecule has 0 radical (unpaired) electrons. The van der Waals surface area contributed by atoms with Gasteiger partial charge in [-0.05, 0) is 6.92 Å². The van der Waals surface area contributed by atoms with Crippen molar-refractivity contribution in [1.29, 1.82) is 0 Å². The maximum Gasteiger partial charge on any atom is 0.242 e. The van der Waals surface area contributed by atoms with Crippen molar-refractivity contribution in [1.82, 2.24) is 49.0 Å². The van der Waals surface area contributed by atoms with Crippen LogP contribution in [0.3, 0.4) is 0 Å². The first kappa shape index (κ1) is 46.7. The third kappa shape index (κ3) is 16.2. The maximum absolute atomic E-state index is 12.8. The molecular formula is C32H56N10O10. The molecule has 0 aromatic carbocycles. The molecule has 0 aliphatic carbocycles. The number of likely N-dealkylation sites (N-methyl/N-ethyl adjacent to an activating group) is 10. The topological polar surface area (TPSA) is 203 Å². The van der Waals surface area contributed by atoms with Crippen molar-refractivity contribution < 1.29 is 47.9 Å². The van der Waals surface area contributed by atoms with E-state index in [1.165, 1.54) is 85.1 Å². The predicted octanol–water partition coefficient (Wildman–Crippen LogP) is -4.39. The summed E-state index contributed by atoms with van der Waals surface area (Å²) in [6.45, 7) is 0.591. The predicted molar refractivity (Wildman–Crippen MR) is 188 cm³/mol. The van der Waals surface area contributed by atoms with Gasteiger partial charge in [0.2, 0.25) is 59.1 Å². The zero-order chi connectivity index (χ0) is 40.6. The fraction of sp³-hybridized carbons (Fsp3) is 0.688. The highest BCUT2D eigenvalue weighted by molar-refractivity contribution is 5.93. The van der Waals surface area contributed by atoms with E-state index in [2.05, 4.69) is 0 Å². The summed E-state index contributed by atoms with van der Waals surface area (Å²) in [6, 6.07) is 0. The molecule has 0 aliphatic heterocycles. The van der Waals surface area contributed by atoms with E-state index in [1.807, 2.05) is 0 Å². The van der Waals surface area contributed by atoms with E-state index in [1.54, 1.807) is 14.0 Å². The quantitative estimate of drug-likeness (QED) is 0.125. The minimum atomic E-state index is -0.592. The van der Waals surface area contributed by atoms with Gasteiger partial charge in [-0.15, -0.1) is 0 Å². The Hall–Kier alpha value is -5.30. The Morgan fingerprint density at radius 1 is 0.269 bits per heavy atom. The van der Waals surface area contributed by atoms with E-state index in [9.17, 15) is 47.9 Å². The molecule has 0 rings (SSSR count). The molecule has 0 aliphatic rings. The molecule has 0 saturated heterocycles. The first-order valence-corrected chi connectivity index (χ1v) is 16.3. The van der Waals surface area contributed by atoms with Gasteiger partial charge in [0.1, 0.15) is 0 Å². The van der Waals surface area contributed by atoms with Gasteiger partial charge in [-0.25, -0.2) is 0 Å². The molecule has 0 bridgehead atoms. The average molecular weight is 741 g/mol. The van der Waals surface area contributed by atoms with Gasteiger partial charge >= 0.3 is 0 Å². The Bertz CT molecular complexity index is 1360. The average Bonchev–Trinajstić information content (AvgIpc) is 3.06. The Labute approximate surface area is 305 Å². The summed E-state index contributed by atoms with van der Waals surface area (Å²) in [6.07, 6.45) is 0. The number of carbonyl (C=O) groups is 10. The SMILES string of the molecule is CCN(C)C(=O)CN(C)C(=O)CN(C)C(=O)CN(C)C(=O)CN(C)C(=O)CN(C)C(=O)CN(C)C(=O)CN(C)C(=O)CN(C)C(=O)CN(C)C(C)=O. The smallest absolute Gasteiger partial charge is 0.242 e. The molecule has 294 valence electrons. The first-order chi connectivity index (χ1) is 23.9. The van der Waals surface area contributed by atoms with Crippen LogP contribution in [-0.2, 0) is 47.9 Å². The lowest BCUT2D eigenvalue weighted by molar-refractivity contribution is -0.146. The van der Waals surface area contributed by atoms with E-state index in [0.717, 1.165) is 34.3 Å². The molecule has 52 heavy (non-hydrogen) atoms. The van der Waals surface area contributed by atoms with E-state index in [0.29, 0.717) is 6.54 Å². The second-order valence-electron chi connectivity index (χ2n) is 12.8. The molecule has 0 saturated carbocycles. The molecule has 0 atom stereocenters. The lowest BCUT2D eigenvalue weighted by atomic mass is 10.3. The highest BCUT2D eigenvalue weighted by Crippen LogP contribution is 2.00. The van der Waals surface area contributed by atoms with Gasteiger partial charge in [0.15, 0.2) is 0 Å². The van der Waals surface area contributed by atoms with Crippen LogP contribution >= 0.6 is 0 Å². The Balaban J connectivity index is 4.86. The standard InChI is InChI=1S/C32H56N10O10/c1-13-33(3)24(44)15-35(5)26(46)17-37(7)28(48)19-39(9)30(50)21-41(11)32(52)22-42(12)31(51)20-40(10)29(49)18-38(8)27(47)16-36(6)25(45)14-34(4)23(2)43/h13-22H2,1-12H3. The van der Waals surface area contributed by atoms with Crippen molar-refractivity contribution >= 4 is 59.1 Å². The van der Waals surface area contributed by atoms with Crippen LogP contribution in [0.5, 0.6) is 0 Å². The third-order valence-electron chi connectivity index (χ3n) is 8.20. The van der Waals surface area contributed by atoms with Crippen LogP contribution in [0, 0.1) is 0 Å². The maximum atomic E-state index is 12.8. The van der Waals surface area contributed by atoms with Crippen LogP contribution in [0.15, 0.2) is 0 Å². The van der Waals surface area contributed by atoms with Gasteiger partial charge in [-0.3, -0.25) is 47.9 Å². The van der Waals surface area contributed by atoms with Crippen molar-refractivity contribution in [3.63, 3.8) is 0 Å². The molecule has 0 aromatic heterocycles. The van der Waals surface area contributed by atoms with Crippen molar-refractivity contribution in [2.45, 2.75) is 13.8 Å². The molecule has 0 N–H and O–H groups in total. The molecule has 10 amide bonds. The van der Waals surface area contributed by atoms with Gasteiger partial charge in [-0.1, -0.05) is 0 Å². The number of amides is 10. The third-order valence-corrected chi connectivity index (χ3v) is 8.20. The van der Waals surface area contributed by atoms with Crippen LogP contribution in [0.4, 0.5) is 0 Å². The largest absolute Gasteiger partial charge is 0.345 e. The monoisotopic (exact) mass is 740 g/mol. The number of nitrogens with zero attached hydrogens (tertiary/aromatic N) is 10. The van der Waals surface area contributed by atoms with E-state index in [4.69, 9.17) is 0 Å². The molecule has 20 heteroatoms. The zero-order valence-electron chi connectivity index (χ0n) is 32.6. The van der Waals surface area contributed by atoms with Crippen molar-refractivity contribution in [3.8, 4) is 0 Å². The second-order valence-corrected chi connectivity index (χ2v) is 12.8. The minimum absolute atomic E-state index is 0.146. The summed E-state index contributed by atoms with van der Waals surface area (Å²) < 4.78 is 0. The summed E-state index contributed by atoms with van der Waals surface area (Å²) >= 11 is 0. The Morgan fingerprint density at radius 2 is 0.404 bits per heavy atom. The summed E-state index contributed by atoms with van der Waals surface area (Å²) in [4.78, 5) is 136. The molecule has 20 nitrogen and oxygen atoms in total. The number of rotatable bonds is 19. The van der Waals surface area contributed by atoms with Crippen molar-refractivity contribution in [2.75, 3.05) is 136 Å².